The highest BCUT2D eigenvalue weighted by Crippen LogP contribution is 2.43. The van der Waals surface area contributed by atoms with Gasteiger partial charge in [-0.2, -0.15) is 0 Å². The Morgan fingerprint density at radius 1 is 0.643 bits per heavy atom. The predicted molar refractivity (Wildman–Crippen MR) is 114 cm³/mol. The van der Waals surface area contributed by atoms with E-state index in [1.165, 1.54) is 21.9 Å². The average Bonchev–Trinajstić information content (AvgIpc) is 2.73. The summed E-state index contributed by atoms with van der Waals surface area (Å²) in [4.78, 5) is 0. The SMILES string of the molecule is Oc1ccc(C2(c3ccc(O)cc3)C=Cc3cc4ccccc4cc3C2)cc1. The zero-order valence-electron chi connectivity index (χ0n) is 15.3. The summed E-state index contributed by atoms with van der Waals surface area (Å²) in [5.41, 5.74) is 4.42. The quantitative estimate of drug-likeness (QED) is 0.471. The highest BCUT2D eigenvalue weighted by atomic mass is 16.3. The molecule has 1 aliphatic carbocycles. The number of aromatic hydroxyl groups is 2. The minimum atomic E-state index is -0.350. The second-order valence-electron chi connectivity index (χ2n) is 7.47. The molecule has 2 heteroatoms. The molecule has 0 aromatic heterocycles. The van der Waals surface area contributed by atoms with Gasteiger partial charge in [0.1, 0.15) is 11.5 Å². The van der Waals surface area contributed by atoms with Crippen LogP contribution in [-0.2, 0) is 11.8 Å². The van der Waals surface area contributed by atoms with Gasteiger partial charge < -0.3 is 10.2 Å². The summed E-state index contributed by atoms with van der Waals surface area (Å²) in [7, 11) is 0. The van der Waals surface area contributed by atoms with E-state index in [4.69, 9.17) is 0 Å². The Bertz CT molecular complexity index is 1140. The number of fused-ring (bicyclic) bond motifs is 2. The minimum Gasteiger partial charge on any atom is -0.508 e. The Hall–Kier alpha value is -3.52. The van der Waals surface area contributed by atoms with E-state index in [1.807, 2.05) is 24.3 Å². The minimum absolute atomic E-state index is 0.260. The molecule has 0 unspecified atom stereocenters. The van der Waals surface area contributed by atoms with Gasteiger partial charge in [0, 0.05) is 5.41 Å². The van der Waals surface area contributed by atoms with Gasteiger partial charge in [0.05, 0.1) is 0 Å². The summed E-state index contributed by atoms with van der Waals surface area (Å²) in [5.74, 6) is 0.520. The van der Waals surface area contributed by atoms with Crippen LogP contribution in [0.5, 0.6) is 11.5 Å². The van der Waals surface area contributed by atoms with Gasteiger partial charge in [-0.15, -0.1) is 0 Å². The lowest BCUT2D eigenvalue weighted by Crippen LogP contribution is -2.30. The second-order valence-corrected chi connectivity index (χ2v) is 7.47. The molecule has 2 nitrogen and oxygen atoms in total. The van der Waals surface area contributed by atoms with Gasteiger partial charge in [-0.3, -0.25) is 0 Å². The zero-order valence-corrected chi connectivity index (χ0v) is 15.3. The number of hydrogen-bond donors (Lipinski definition) is 2. The van der Waals surface area contributed by atoms with E-state index in [-0.39, 0.29) is 16.9 Å². The maximum absolute atomic E-state index is 9.77. The third-order valence-corrected chi connectivity index (χ3v) is 5.79. The first kappa shape index (κ1) is 16.6. The van der Waals surface area contributed by atoms with Crippen molar-refractivity contribution in [2.75, 3.05) is 0 Å². The summed E-state index contributed by atoms with van der Waals surface area (Å²) in [6.07, 6.45) is 5.27. The number of benzene rings is 4. The molecule has 0 bridgehead atoms. The smallest absolute Gasteiger partial charge is 0.115 e. The first-order chi connectivity index (χ1) is 13.6. The van der Waals surface area contributed by atoms with Crippen molar-refractivity contribution in [1.82, 2.24) is 0 Å². The average molecular weight is 364 g/mol. The van der Waals surface area contributed by atoms with Crippen LogP contribution in [0.3, 0.4) is 0 Å². The van der Waals surface area contributed by atoms with Crippen molar-refractivity contribution in [2.45, 2.75) is 11.8 Å². The topological polar surface area (TPSA) is 40.5 Å². The third kappa shape index (κ3) is 2.66. The van der Waals surface area contributed by atoms with E-state index in [9.17, 15) is 10.2 Å². The van der Waals surface area contributed by atoms with Crippen molar-refractivity contribution >= 4 is 16.8 Å². The van der Waals surface area contributed by atoms with Gasteiger partial charge in [-0.25, -0.2) is 0 Å². The highest BCUT2D eigenvalue weighted by Gasteiger charge is 2.35. The monoisotopic (exact) mass is 364 g/mol. The van der Waals surface area contributed by atoms with Crippen LogP contribution in [-0.4, -0.2) is 10.2 Å². The van der Waals surface area contributed by atoms with Crippen molar-refractivity contribution in [3.05, 3.63) is 113 Å². The summed E-state index contributed by atoms with van der Waals surface area (Å²) < 4.78 is 0. The van der Waals surface area contributed by atoms with Crippen LogP contribution < -0.4 is 0 Å². The van der Waals surface area contributed by atoms with E-state index in [1.54, 1.807) is 24.3 Å². The fourth-order valence-electron chi connectivity index (χ4n) is 4.29. The van der Waals surface area contributed by atoms with Gasteiger partial charge in [0.15, 0.2) is 0 Å². The molecular formula is C26H20O2. The lowest BCUT2D eigenvalue weighted by atomic mass is 9.67. The molecule has 1 aliphatic rings. The predicted octanol–water partition coefficient (Wildman–Crippen LogP) is 5.81. The largest absolute Gasteiger partial charge is 0.508 e. The zero-order chi connectivity index (χ0) is 19.1. The Morgan fingerprint density at radius 3 is 1.75 bits per heavy atom. The van der Waals surface area contributed by atoms with Crippen molar-refractivity contribution < 1.29 is 10.2 Å². The molecule has 0 saturated heterocycles. The summed E-state index contributed by atoms with van der Waals surface area (Å²) in [6.45, 7) is 0. The normalized spacial score (nSPS) is 14.7. The number of allylic oxidation sites excluding steroid dienone is 1. The standard InChI is InChI=1S/C26H20O2/c27-24-9-5-22(6-10-24)26(23-7-11-25(28)12-8-23)14-13-20-15-18-3-1-2-4-19(18)16-21(20)17-26/h1-16,27-28H,17H2. The van der Waals surface area contributed by atoms with E-state index < -0.39 is 0 Å². The van der Waals surface area contributed by atoms with Crippen molar-refractivity contribution in [1.29, 1.82) is 0 Å². The lowest BCUT2D eigenvalue weighted by molar-refractivity contribution is 0.474. The Balaban J connectivity index is 1.72. The molecule has 2 N–H and O–H groups in total. The molecule has 136 valence electrons. The molecular weight excluding hydrogens is 344 g/mol. The molecule has 0 radical (unpaired) electrons. The molecule has 0 spiro atoms. The molecule has 5 rings (SSSR count). The lowest BCUT2D eigenvalue weighted by Gasteiger charge is -2.36. The molecule has 0 fully saturated rings. The molecule has 0 amide bonds. The molecule has 0 atom stereocenters. The number of phenolic OH excluding ortho intramolecular Hbond substituents is 2. The van der Waals surface area contributed by atoms with Gasteiger partial charge in [-0.1, -0.05) is 66.7 Å². The van der Waals surface area contributed by atoms with Crippen LogP contribution in [0.25, 0.3) is 16.8 Å². The van der Waals surface area contributed by atoms with E-state index in [2.05, 4.69) is 48.6 Å². The fourth-order valence-corrected chi connectivity index (χ4v) is 4.29. The molecule has 4 aromatic rings. The van der Waals surface area contributed by atoms with Crippen LogP contribution in [0, 0.1) is 0 Å². The van der Waals surface area contributed by atoms with Crippen LogP contribution in [0.15, 0.2) is 91.0 Å². The third-order valence-electron chi connectivity index (χ3n) is 5.79. The van der Waals surface area contributed by atoms with E-state index in [0.29, 0.717) is 0 Å². The van der Waals surface area contributed by atoms with Gasteiger partial charge in [0.2, 0.25) is 0 Å². The molecule has 0 aliphatic heterocycles. The van der Waals surface area contributed by atoms with Crippen molar-refractivity contribution in [3.63, 3.8) is 0 Å². The van der Waals surface area contributed by atoms with Crippen molar-refractivity contribution in [3.8, 4) is 11.5 Å². The van der Waals surface area contributed by atoms with Gasteiger partial charge in [0.25, 0.3) is 0 Å². The second kappa shape index (κ2) is 6.28. The molecule has 28 heavy (non-hydrogen) atoms. The van der Waals surface area contributed by atoms with Crippen LogP contribution >= 0.6 is 0 Å². The summed E-state index contributed by atoms with van der Waals surface area (Å²) in [5, 5.41) is 22.0. The maximum Gasteiger partial charge on any atom is 0.115 e. The first-order valence-electron chi connectivity index (χ1n) is 9.44. The Morgan fingerprint density at radius 2 is 1.18 bits per heavy atom. The summed E-state index contributed by atoms with van der Waals surface area (Å²) >= 11 is 0. The van der Waals surface area contributed by atoms with Crippen LogP contribution in [0.2, 0.25) is 0 Å². The van der Waals surface area contributed by atoms with Crippen LogP contribution in [0.1, 0.15) is 22.3 Å². The maximum atomic E-state index is 9.77. The van der Waals surface area contributed by atoms with Gasteiger partial charge in [-0.05, 0) is 69.8 Å². The molecule has 0 saturated carbocycles. The number of hydrogen-bond acceptors (Lipinski definition) is 2. The summed E-state index contributed by atoms with van der Waals surface area (Å²) in [6, 6.07) is 27.8. The van der Waals surface area contributed by atoms with Crippen molar-refractivity contribution in [2.24, 2.45) is 0 Å². The van der Waals surface area contributed by atoms with E-state index >= 15 is 0 Å². The molecule has 0 heterocycles. The highest BCUT2D eigenvalue weighted by molar-refractivity contribution is 5.87. The first-order valence-corrected chi connectivity index (χ1v) is 9.44. The number of rotatable bonds is 2. The Labute approximate surface area is 164 Å². The van der Waals surface area contributed by atoms with Crippen LogP contribution in [0.4, 0.5) is 0 Å². The number of phenols is 2. The van der Waals surface area contributed by atoms with Gasteiger partial charge >= 0.3 is 0 Å². The molecule has 4 aromatic carbocycles. The Kier molecular flexibility index (Phi) is 3.73. The fraction of sp³-hybridized carbons (Fsp3) is 0.0769. The van der Waals surface area contributed by atoms with E-state index in [0.717, 1.165) is 17.5 Å².